The predicted molar refractivity (Wildman–Crippen MR) is 42.3 cm³/mol. The van der Waals surface area contributed by atoms with Gasteiger partial charge in [-0.15, -0.1) is 0 Å². The average Bonchev–Trinajstić information content (AvgIpc) is 1.83. The minimum Gasteiger partial charge on any atom is -0.392 e. The number of ether oxygens (including phenoxy) is 1. The molecule has 0 amide bonds. The summed E-state index contributed by atoms with van der Waals surface area (Å²) in [7, 11) is 0. The summed E-state index contributed by atoms with van der Waals surface area (Å²) in [6.07, 6.45) is 4.82. The molecule has 0 heterocycles. The van der Waals surface area contributed by atoms with E-state index in [0.717, 1.165) is 13.0 Å². The minimum atomic E-state index is -0.0622. The zero-order valence-electron chi connectivity index (χ0n) is 7.05. The lowest BCUT2D eigenvalue weighted by Crippen LogP contribution is -2.61. The Hall–Kier alpha value is -0.0800. The molecular formula is C9H16O2. The van der Waals surface area contributed by atoms with E-state index in [1.165, 1.54) is 19.3 Å². The van der Waals surface area contributed by atoms with Crippen LogP contribution < -0.4 is 0 Å². The second-order valence-corrected chi connectivity index (χ2v) is 3.78. The Morgan fingerprint density at radius 3 is 2.64 bits per heavy atom. The lowest BCUT2D eigenvalue weighted by atomic mass is 9.52. The van der Waals surface area contributed by atoms with Crippen LogP contribution in [0, 0.1) is 5.41 Å². The molecule has 2 rings (SSSR count). The lowest BCUT2D eigenvalue weighted by Gasteiger charge is -2.58. The van der Waals surface area contributed by atoms with Crippen molar-refractivity contribution in [3.63, 3.8) is 0 Å². The lowest BCUT2D eigenvalue weighted by molar-refractivity contribution is -0.224. The van der Waals surface area contributed by atoms with Crippen LogP contribution in [0.3, 0.4) is 0 Å². The van der Waals surface area contributed by atoms with Crippen molar-refractivity contribution in [3.05, 3.63) is 0 Å². The van der Waals surface area contributed by atoms with Gasteiger partial charge in [0.25, 0.3) is 0 Å². The van der Waals surface area contributed by atoms with E-state index in [-0.39, 0.29) is 11.5 Å². The molecule has 0 radical (unpaired) electrons. The maximum Gasteiger partial charge on any atom is 0.0680 e. The molecule has 11 heavy (non-hydrogen) atoms. The number of rotatable bonds is 2. The fourth-order valence-corrected chi connectivity index (χ4v) is 2.40. The standard InChI is InChI=1S/C9H16O2/c1-2-11-8-6-7(10)9(8)4-3-5-9/h7-8,10H,2-6H2,1H3/t7-,8+/m0/s1. The van der Waals surface area contributed by atoms with Gasteiger partial charge in [-0.1, -0.05) is 6.42 Å². The Balaban J connectivity index is 1.94. The van der Waals surface area contributed by atoms with E-state index < -0.39 is 0 Å². The zero-order chi connectivity index (χ0) is 7.90. The maximum atomic E-state index is 9.54. The summed E-state index contributed by atoms with van der Waals surface area (Å²) in [6, 6.07) is 0. The van der Waals surface area contributed by atoms with Crippen LogP contribution in [0.1, 0.15) is 32.6 Å². The van der Waals surface area contributed by atoms with E-state index in [2.05, 4.69) is 0 Å². The van der Waals surface area contributed by atoms with Crippen molar-refractivity contribution < 1.29 is 9.84 Å². The monoisotopic (exact) mass is 156 g/mol. The van der Waals surface area contributed by atoms with E-state index in [4.69, 9.17) is 4.74 Å². The van der Waals surface area contributed by atoms with Gasteiger partial charge in [-0.3, -0.25) is 0 Å². The van der Waals surface area contributed by atoms with Crippen molar-refractivity contribution in [3.8, 4) is 0 Å². The largest absolute Gasteiger partial charge is 0.392 e. The molecule has 0 aliphatic heterocycles. The van der Waals surface area contributed by atoms with E-state index >= 15 is 0 Å². The topological polar surface area (TPSA) is 29.5 Å². The van der Waals surface area contributed by atoms with E-state index in [0.29, 0.717) is 6.10 Å². The van der Waals surface area contributed by atoms with Crippen LogP contribution >= 0.6 is 0 Å². The van der Waals surface area contributed by atoms with Crippen molar-refractivity contribution in [1.29, 1.82) is 0 Å². The smallest absolute Gasteiger partial charge is 0.0680 e. The van der Waals surface area contributed by atoms with Crippen molar-refractivity contribution in [2.45, 2.75) is 44.8 Å². The Kier molecular flexibility index (Phi) is 1.69. The summed E-state index contributed by atoms with van der Waals surface area (Å²) >= 11 is 0. The molecule has 1 N–H and O–H groups in total. The highest BCUT2D eigenvalue weighted by Gasteiger charge is 2.58. The van der Waals surface area contributed by atoms with E-state index in [1.807, 2.05) is 6.92 Å². The molecule has 0 saturated heterocycles. The number of aliphatic hydroxyl groups excluding tert-OH is 1. The summed E-state index contributed by atoms with van der Waals surface area (Å²) < 4.78 is 5.55. The van der Waals surface area contributed by atoms with Crippen molar-refractivity contribution in [1.82, 2.24) is 0 Å². The summed E-state index contributed by atoms with van der Waals surface area (Å²) in [5.41, 5.74) is 0.204. The van der Waals surface area contributed by atoms with Crippen LogP contribution in [-0.2, 0) is 4.74 Å². The summed E-state index contributed by atoms with van der Waals surface area (Å²) in [5, 5.41) is 9.54. The summed E-state index contributed by atoms with van der Waals surface area (Å²) in [4.78, 5) is 0. The molecule has 0 unspecified atom stereocenters. The van der Waals surface area contributed by atoms with Gasteiger partial charge in [0.05, 0.1) is 12.2 Å². The molecule has 2 saturated carbocycles. The summed E-state index contributed by atoms with van der Waals surface area (Å²) in [6.45, 7) is 2.82. The highest BCUT2D eigenvalue weighted by atomic mass is 16.5. The van der Waals surface area contributed by atoms with Gasteiger partial charge in [0.2, 0.25) is 0 Å². The summed E-state index contributed by atoms with van der Waals surface area (Å²) in [5.74, 6) is 0. The van der Waals surface area contributed by atoms with Crippen LogP contribution in [-0.4, -0.2) is 23.9 Å². The molecule has 0 aromatic rings. The maximum absolute atomic E-state index is 9.54. The SMILES string of the molecule is CCO[C@@H]1C[C@H](O)C12CCC2. The third-order valence-electron chi connectivity index (χ3n) is 3.39. The van der Waals surface area contributed by atoms with Crippen molar-refractivity contribution in [2.75, 3.05) is 6.61 Å². The molecule has 2 aliphatic rings. The third-order valence-corrected chi connectivity index (χ3v) is 3.39. The molecule has 2 atom stereocenters. The average molecular weight is 156 g/mol. The molecule has 2 heteroatoms. The minimum absolute atomic E-state index is 0.0622. The van der Waals surface area contributed by atoms with Crippen LogP contribution in [0.25, 0.3) is 0 Å². The van der Waals surface area contributed by atoms with Gasteiger partial charge < -0.3 is 9.84 Å². The molecule has 0 aromatic heterocycles. The van der Waals surface area contributed by atoms with Gasteiger partial charge in [0, 0.05) is 18.4 Å². The highest BCUT2D eigenvalue weighted by molar-refractivity contribution is 5.08. The molecule has 2 fully saturated rings. The van der Waals surface area contributed by atoms with Gasteiger partial charge >= 0.3 is 0 Å². The zero-order valence-corrected chi connectivity index (χ0v) is 7.05. The second kappa shape index (κ2) is 2.46. The van der Waals surface area contributed by atoms with Crippen molar-refractivity contribution in [2.24, 2.45) is 5.41 Å². The van der Waals surface area contributed by atoms with Gasteiger partial charge in [-0.05, 0) is 19.8 Å². The third kappa shape index (κ3) is 0.859. The second-order valence-electron chi connectivity index (χ2n) is 3.78. The molecule has 0 bridgehead atoms. The van der Waals surface area contributed by atoms with Gasteiger partial charge in [0.1, 0.15) is 0 Å². The number of hydrogen-bond acceptors (Lipinski definition) is 2. The Morgan fingerprint density at radius 2 is 2.27 bits per heavy atom. The highest BCUT2D eigenvalue weighted by Crippen LogP contribution is 2.57. The van der Waals surface area contributed by atoms with Gasteiger partial charge in [-0.2, -0.15) is 0 Å². The molecule has 2 aliphatic carbocycles. The first-order valence-electron chi connectivity index (χ1n) is 4.59. The van der Waals surface area contributed by atoms with Gasteiger partial charge in [-0.25, -0.2) is 0 Å². The van der Waals surface area contributed by atoms with Crippen LogP contribution in [0.15, 0.2) is 0 Å². The molecule has 64 valence electrons. The van der Waals surface area contributed by atoms with Crippen LogP contribution in [0.4, 0.5) is 0 Å². The Bertz CT molecular complexity index is 150. The predicted octanol–water partition coefficient (Wildman–Crippen LogP) is 1.33. The molecule has 2 nitrogen and oxygen atoms in total. The van der Waals surface area contributed by atoms with Crippen LogP contribution in [0.5, 0.6) is 0 Å². The molecule has 0 aromatic carbocycles. The first kappa shape index (κ1) is 7.56. The first-order valence-corrected chi connectivity index (χ1v) is 4.59. The molecular weight excluding hydrogens is 140 g/mol. The molecule has 1 spiro atoms. The Labute approximate surface area is 67.6 Å². The van der Waals surface area contributed by atoms with E-state index in [1.54, 1.807) is 0 Å². The fraction of sp³-hybridized carbons (Fsp3) is 1.00. The Morgan fingerprint density at radius 1 is 1.55 bits per heavy atom. The van der Waals surface area contributed by atoms with Crippen molar-refractivity contribution >= 4 is 0 Å². The van der Waals surface area contributed by atoms with E-state index in [9.17, 15) is 5.11 Å². The van der Waals surface area contributed by atoms with Gasteiger partial charge in [0.15, 0.2) is 0 Å². The first-order chi connectivity index (χ1) is 5.29. The normalized spacial score (nSPS) is 39.8. The van der Waals surface area contributed by atoms with Crippen LogP contribution in [0.2, 0.25) is 0 Å². The fourth-order valence-electron chi connectivity index (χ4n) is 2.40. The number of aliphatic hydroxyl groups is 1. The quantitative estimate of drug-likeness (QED) is 0.653. The number of hydrogen-bond donors (Lipinski definition) is 1.